The number of carbonyl (C=O) groups excluding carboxylic acids is 2. The summed E-state index contributed by atoms with van der Waals surface area (Å²) in [5.74, 6) is -0.747. The molecule has 1 aromatic carbocycles. The zero-order valence-electron chi connectivity index (χ0n) is 17.8. The minimum atomic E-state index is -0.747. The lowest BCUT2D eigenvalue weighted by Crippen LogP contribution is -2.42. The smallest absolute Gasteiger partial charge is 0.317 e. The summed E-state index contributed by atoms with van der Waals surface area (Å²) >= 11 is 0. The first-order valence-corrected chi connectivity index (χ1v) is 10.9. The van der Waals surface area contributed by atoms with Crippen LogP contribution in [-0.2, 0) is 19.7 Å². The molecule has 4 rings (SSSR count). The molecule has 1 amide bonds. The van der Waals surface area contributed by atoms with E-state index in [1.165, 1.54) is 12.1 Å². The van der Waals surface area contributed by atoms with Crippen molar-refractivity contribution in [3.63, 3.8) is 0 Å². The van der Waals surface area contributed by atoms with Gasteiger partial charge in [-0.2, -0.15) is 0 Å². The average Bonchev–Trinajstić information content (AvgIpc) is 3.22. The Morgan fingerprint density at radius 2 is 1.76 bits per heavy atom. The van der Waals surface area contributed by atoms with Crippen molar-refractivity contribution in [3.8, 4) is 0 Å². The van der Waals surface area contributed by atoms with Gasteiger partial charge in [-0.15, -0.1) is 0 Å². The summed E-state index contributed by atoms with van der Waals surface area (Å²) in [6.45, 7) is 7.37. The molecule has 0 unspecified atom stereocenters. The highest BCUT2D eigenvalue weighted by Gasteiger charge is 2.51. The van der Waals surface area contributed by atoms with Crippen LogP contribution in [0.1, 0.15) is 71.3 Å². The summed E-state index contributed by atoms with van der Waals surface area (Å²) in [5, 5.41) is 0. The minimum Gasteiger partial charge on any atom is -0.455 e. The summed E-state index contributed by atoms with van der Waals surface area (Å²) in [5.41, 5.74) is 0.440. The third-order valence-electron chi connectivity index (χ3n) is 7.31. The van der Waals surface area contributed by atoms with E-state index in [0.29, 0.717) is 12.8 Å². The quantitative estimate of drug-likeness (QED) is 0.693. The second-order valence-electron chi connectivity index (χ2n) is 10.6. The Balaban J connectivity index is 1.44. The molecule has 3 aliphatic rings. The largest absolute Gasteiger partial charge is 0.455 e. The lowest BCUT2D eigenvalue weighted by Gasteiger charge is -2.39. The van der Waals surface area contributed by atoms with Crippen LogP contribution in [-0.4, -0.2) is 36.0 Å². The SMILES string of the molecule is CC1(C)C[C@H]2C[C@](C)(CN2C(=O)COC(=O)C2(c3ccc(F)cc3)CCCC2)C1. The molecule has 0 aromatic heterocycles. The number of nitrogens with zero attached hydrogens (tertiary/aromatic N) is 1. The molecule has 1 saturated heterocycles. The lowest BCUT2D eigenvalue weighted by atomic mass is 9.65. The standard InChI is InChI=1S/C24H32FNO3/c1-22(2)12-19-13-23(3,15-22)16-26(19)20(27)14-29-21(28)24(10-4-5-11-24)17-6-8-18(25)9-7-17/h6-9,19H,4-5,10-16H2,1-3H3/t19-,23-/m0/s1. The van der Waals surface area contributed by atoms with E-state index in [0.717, 1.165) is 44.2 Å². The zero-order valence-corrected chi connectivity index (χ0v) is 17.8. The monoisotopic (exact) mass is 401 g/mol. The maximum atomic E-state index is 13.4. The van der Waals surface area contributed by atoms with E-state index in [2.05, 4.69) is 20.8 Å². The molecular weight excluding hydrogens is 369 g/mol. The van der Waals surface area contributed by atoms with E-state index < -0.39 is 5.41 Å². The number of halogens is 1. The maximum absolute atomic E-state index is 13.4. The van der Waals surface area contributed by atoms with Crippen molar-refractivity contribution in [2.24, 2.45) is 10.8 Å². The van der Waals surface area contributed by atoms with Gasteiger partial charge in [-0.25, -0.2) is 4.39 Å². The molecule has 29 heavy (non-hydrogen) atoms. The first-order chi connectivity index (χ1) is 13.6. The molecule has 2 atom stereocenters. The minimum absolute atomic E-state index is 0.0861. The Bertz CT molecular complexity index is 797. The van der Waals surface area contributed by atoms with Crippen molar-refractivity contribution in [1.29, 1.82) is 0 Å². The van der Waals surface area contributed by atoms with E-state index in [1.807, 2.05) is 4.90 Å². The van der Waals surface area contributed by atoms with Gasteiger partial charge >= 0.3 is 5.97 Å². The van der Waals surface area contributed by atoms with Crippen molar-refractivity contribution < 1.29 is 18.7 Å². The summed E-state index contributed by atoms with van der Waals surface area (Å²) in [6, 6.07) is 6.38. The van der Waals surface area contributed by atoms with Gasteiger partial charge in [0.2, 0.25) is 0 Å². The van der Waals surface area contributed by atoms with Gasteiger partial charge in [0.05, 0.1) is 5.41 Å². The predicted molar refractivity (Wildman–Crippen MR) is 109 cm³/mol. The number of hydrogen-bond donors (Lipinski definition) is 0. The molecule has 2 aliphatic carbocycles. The number of ether oxygens (including phenoxy) is 1. The van der Waals surface area contributed by atoms with E-state index in [9.17, 15) is 14.0 Å². The number of esters is 1. The molecule has 3 fully saturated rings. The fourth-order valence-corrected chi connectivity index (χ4v) is 6.46. The van der Waals surface area contributed by atoms with Gasteiger partial charge in [0.1, 0.15) is 5.82 Å². The number of hydrogen-bond acceptors (Lipinski definition) is 3. The first kappa shape index (κ1) is 20.4. The Labute approximate surface area is 172 Å². The second-order valence-corrected chi connectivity index (χ2v) is 10.6. The number of benzene rings is 1. The maximum Gasteiger partial charge on any atom is 0.317 e. The molecule has 1 aliphatic heterocycles. The van der Waals surface area contributed by atoms with Crippen molar-refractivity contribution in [2.45, 2.75) is 77.2 Å². The Hall–Kier alpha value is -1.91. The first-order valence-electron chi connectivity index (χ1n) is 10.9. The normalized spacial score (nSPS) is 29.7. The molecule has 1 aromatic rings. The van der Waals surface area contributed by atoms with Crippen LogP contribution in [0.4, 0.5) is 4.39 Å². The van der Waals surface area contributed by atoms with Gasteiger partial charge < -0.3 is 9.64 Å². The number of rotatable bonds is 4. The van der Waals surface area contributed by atoms with Gasteiger partial charge in [-0.05, 0) is 60.6 Å². The summed E-state index contributed by atoms with van der Waals surface area (Å²) in [6.07, 6.45) is 6.39. The lowest BCUT2D eigenvalue weighted by molar-refractivity contribution is -0.157. The molecule has 2 saturated carbocycles. The molecule has 0 spiro atoms. The highest BCUT2D eigenvalue weighted by atomic mass is 19.1. The molecular formula is C24H32FNO3. The van der Waals surface area contributed by atoms with Crippen LogP contribution >= 0.6 is 0 Å². The van der Waals surface area contributed by atoms with Crippen LogP contribution < -0.4 is 0 Å². The number of fused-ring (bicyclic) bond motifs is 2. The fourth-order valence-electron chi connectivity index (χ4n) is 6.46. The van der Waals surface area contributed by atoms with Gasteiger partial charge in [0.15, 0.2) is 6.61 Å². The Morgan fingerprint density at radius 1 is 1.10 bits per heavy atom. The van der Waals surface area contributed by atoms with Crippen LogP contribution in [0.3, 0.4) is 0 Å². The van der Waals surface area contributed by atoms with E-state index in [1.54, 1.807) is 12.1 Å². The van der Waals surface area contributed by atoms with Crippen molar-refractivity contribution in [1.82, 2.24) is 4.90 Å². The molecule has 0 radical (unpaired) electrons. The average molecular weight is 402 g/mol. The number of carbonyl (C=O) groups is 2. The van der Waals surface area contributed by atoms with E-state index in [4.69, 9.17) is 4.74 Å². The molecule has 1 heterocycles. The zero-order chi connectivity index (χ0) is 20.9. The van der Waals surface area contributed by atoms with Gasteiger partial charge in [-0.3, -0.25) is 9.59 Å². The van der Waals surface area contributed by atoms with Crippen LogP contribution in [0.25, 0.3) is 0 Å². The molecule has 4 nitrogen and oxygen atoms in total. The van der Waals surface area contributed by atoms with Crippen LogP contribution in [0.2, 0.25) is 0 Å². The second kappa shape index (κ2) is 7.10. The third kappa shape index (κ3) is 3.80. The van der Waals surface area contributed by atoms with Gasteiger partial charge in [0.25, 0.3) is 5.91 Å². The molecule has 2 bridgehead atoms. The summed E-state index contributed by atoms with van der Waals surface area (Å²) in [7, 11) is 0. The van der Waals surface area contributed by atoms with Gasteiger partial charge in [-0.1, -0.05) is 45.7 Å². The summed E-state index contributed by atoms with van der Waals surface area (Å²) in [4.78, 5) is 28.0. The Morgan fingerprint density at radius 3 is 2.41 bits per heavy atom. The van der Waals surface area contributed by atoms with Crippen molar-refractivity contribution in [2.75, 3.05) is 13.2 Å². The molecule has 5 heteroatoms. The topological polar surface area (TPSA) is 46.6 Å². The highest BCUT2D eigenvalue weighted by Crippen LogP contribution is 2.52. The van der Waals surface area contributed by atoms with E-state index in [-0.39, 0.29) is 41.2 Å². The van der Waals surface area contributed by atoms with Crippen LogP contribution in [0, 0.1) is 16.6 Å². The third-order valence-corrected chi connectivity index (χ3v) is 7.31. The highest BCUT2D eigenvalue weighted by molar-refractivity contribution is 5.87. The van der Waals surface area contributed by atoms with Crippen LogP contribution in [0.5, 0.6) is 0 Å². The number of likely N-dealkylation sites (tertiary alicyclic amines) is 1. The summed E-state index contributed by atoms with van der Waals surface area (Å²) < 4.78 is 19.0. The fraction of sp³-hybridized carbons (Fsp3) is 0.667. The van der Waals surface area contributed by atoms with Gasteiger partial charge in [0, 0.05) is 12.6 Å². The van der Waals surface area contributed by atoms with Crippen molar-refractivity contribution in [3.05, 3.63) is 35.6 Å². The van der Waals surface area contributed by atoms with Crippen molar-refractivity contribution >= 4 is 11.9 Å². The Kier molecular flexibility index (Phi) is 4.99. The number of amides is 1. The molecule has 0 N–H and O–H groups in total. The predicted octanol–water partition coefficient (Wildman–Crippen LogP) is 4.61. The van der Waals surface area contributed by atoms with Crippen LogP contribution in [0.15, 0.2) is 24.3 Å². The van der Waals surface area contributed by atoms with E-state index >= 15 is 0 Å². The molecule has 158 valence electrons.